The highest BCUT2D eigenvalue weighted by Gasteiger charge is 2.27. The molecule has 4 heteroatoms. The van der Waals surface area contributed by atoms with Crippen molar-refractivity contribution < 1.29 is 4.79 Å². The predicted octanol–water partition coefficient (Wildman–Crippen LogP) is 2.04. The molecule has 0 radical (unpaired) electrons. The summed E-state index contributed by atoms with van der Waals surface area (Å²) in [4.78, 5) is 11.4. The number of nitrogens with zero attached hydrogens (tertiary/aromatic N) is 2. The lowest BCUT2D eigenvalue weighted by molar-refractivity contribution is -0.116. The Hall–Kier alpha value is -1.32. The Kier molecular flexibility index (Phi) is 2.75. The quantitative estimate of drug-likeness (QED) is 0.821. The van der Waals surface area contributed by atoms with Crippen LogP contribution in [0.2, 0.25) is 0 Å². The second-order valence-electron chi connectivity index (χ2n) is 4.15. The maximum atomic E-state index is 11.4. The van der Waals surface area contributed by atoms with Gasteiger partial charge in [0.2, 0.25) is 5.91 Å². The highest BCUT2D eigenvalue weighted by Crippen LogP contribution is 2.39. The largest absolute Gasteiger partial charge is 0.311 e. The predicted molar refractivity (Wildman–Crippen MR) is 58.7 cm³/mol. The Balaban J connectivity index is 2.03. The van der Waals surface area contributed by atoms with E-state index in [2.05, 4.69) is 10.4 Å². The van der Waals surface area contributed by atoms with Crippen LogP contribution in [0.1, 0.15) is 44.2 Å². The van der Waals surface area contributed by atoms with Crippen molar-refractivity contribution in [1.29, 1.82) is 0 Å². The number of hydrogen-bond donors (Lipinski definition) is 1. The lowest BCUT2D eigenvalue weighted by atomic mass is 10.3. The highest BCUT2D eigenvalue weighted by atomic mass is 16.1. The zero-order chi connectivity index (χ0) is 10.8. The number of carbonyl (C=O) groups is 1. The topological polar surface area (TPSA) is 46.9 Å². The monoisotopic (exact) mass is 207 g/mol. The Morgan fingerprint density at radius 1 is 1.67 bits per heavy atom. The van der Waals surface area contributed by atoms with Crippen molar-refractivity contribution in [2.45, 2.75) is 38.5 Å². The van der Waals surface area contributed by atoms with Crippen LogP contribution in [0.15, 0.2) is 6.07 Å². The van der Waals surface area contributed by atoms with Gasteiger partial charge in [0.1, 0.15) is 5.82 Å². The molecule has 1 aromatic rings. The molecule has 0 spiro atoms. The van der Waals surface area contributed by atoms with Crippen molar-refractivity contribution in [3.05, 3.63) is 11.8 Å². The minimum atomic E-state index is 0.0721. The van der Waals surface area contributed by atoms with Gasteiger partial charge in [-0.2, -0.15) is 5.10 Å². The summed E-state index contributed by atoms with van der Waals surface area (Å²) in [7, 11) is 1.87. The van der Waals surface area contributed by atoms with E-state index in [9.17, 15) is 4.79 Å². The summed E-state index contributed by atoms with van der Waals surface area (Å²) >= 11 is 0. The van der Waals surface area contributed by atoms with E-state index in [1.54, 1.807) is 4.68 Å². The van der Waals surface area contributed by atoms with E-state index in [0.29, 0.717) is 12.3 Å². The smallest absolute Gasteiger partial charge is 0.225 e. The average molecular weight is 207 g/mol. The van der Waals surface area contributed by atoms with E-state index >= 15 is 0 Å². The Bertz CT molecular complexity index is 366. The van der Waals surface area contributed by atoms with Crippen LogP contribution in [0.3, 0.4) is 0 Å². The molecule has 82 valence electrons. The fraction of sp³-hybridized carbons (Fsp3) is 0.636. The second kappa shape index (κ2) is 4.04. The van der Waals surface area contributed by atoms with Crippen LogP contribution in [0, 0.1) is 0 Å². The van der Waals surface area contributed by atoms with Gasteiger partial charge in [-0.3, -0.25) is 9.48 Å². The molecule has 1 aliphatic carbocycles. The van der Waals surface area contributed by atoms with Crippen molar-refractivity contribution in [2.24, 2.45) is 7.05 Å². The fourth-order valence-corrected chi connectivity index (χ4v) is 1.62. The molecule has 1 heterocycles. The standard InChI is InChI=1S/C11H17N3O/c1-3-4-11(15)12-10-7-9(8-5-6-8)13-14(10)2/h7-8H,3-6H2,1-2H3,(H,12,15). The summed E-state index contributed by atoms with van der Waals surface area (Å²) in [6.07, 6.45) is 3.92. The summed E-state index contributed by atoms with van der Waals surface area (Å²) in [5.74, 6) is 1.52. The molecule has 0 saturated heterocycles. The van der Waals surface area contributed by atoms with Crippen molar-refractivity contribution in [2.75, 3.05) is 5.32 Å². The Labute approximate surface area is 89.7 Å². The second-order valence-corrected chi connectivity index (χ2v) is 4.15. The van der Waals surface area contributed by atoms with Gasteiger partial charge >= 0.3 is 0 Å². The van der Waals surface area contributed by atoms with Crippen molar-refractivity contribution >= 4 is 11.7 Å². The zero-order valence-electron chi connectivity index (χ0n) is 9.29. The Morgan fingerprint density at radius 3 is 3.00 bits per heavy atom. The number of aryl methyl sites for hydroxylation is 1. The number of aromatic nitrogens is 2. The molecule has 1 amide bonds. The first-order chi connectivity index (χ1) is 7.20. The van der Waals surface area contributed by atoms with E-state index in [4.69, 9.17) is 0 Å². The fourth-order valence-electron chi connectivity index (χ4n) is 1.62. The average Bonchev–Trinajstić information content (AvgIpc) is 2.94. The first-order valence-electron chi connectivity index (χ1n) is 5.54. The lowest BCUT2D eigenvalue weighted by Crippen LogP contribution is -2.13. The first kappa shape index (κ1) is 10.2. The third kappa shape index (κ3) is 2.37. The van der Waals surface area contributed by atoms with Crippen LogP contribution < -0.4 is 5.32 Å². The summed E-state index contributed by atoms with van der Waals surface area (Å²) in [6.45, 7) is 2.00. The minimum Gasteiger partial charge on any atom is -0.311 e. The van der Waals surface area contributed by atoms with Crippen LogP contribution in [0.4, 0.5) is 5.82 Å². The molecule has 1 aliphatic rings. The molecule has 0 bridgehead atoms. The maximum absolute atomic E-state index is 11.4. The van der Waals surface area contributed by atoms with Crippen molar-refractivity contribution in [3.63, 3.8) is 0 Å². The molecule has 1 fully saturated rings. The zero-order valence-corrected chi connectivity index (χ0v) is 9.29. The van der Waals surface area contributed by atoms with Crippen LogP contribution in [-0.2, 0) is 11.8 Å². The van der Waals surface area contributed by atoms with Gasteiger partial charge in [-0.15, -0.1) is 0 Å². The summed E-state index contributed by atoms with van der Waals surface area (Å²) in [5.41, 5.74) is 1.12. The van der Waals surface area contributed by atoms with Crippen LogP contribution in [0.5, 0.6) is 0 Å². The van der Waals surface area contributed by atoms with Gasteiger partial charge < -0.3 is 5.32 Å². The van der Waals surface area contributed by atoms with E-state index < -0.39 is 0 Å². The van der Waals surface area contributed by atoms with Gasteiger partial charge in [-0.05, 0) is 19.3 Å². The van der Waals surface area contributed by atoms with Gasteiger partial charge in [0.25, 0.3) is 0 Å². The van der Waals surface area contributed by atoms with Gasteiger partial charge in [0.05, 0.1) is 5.69 Å². The van der Waals surface area contributed by atoms with Gasteiger partial charge in [-0.25, -0.2) is 0 Å². The minimum absolute atomic E-state index is 0.0721. The molecule has 2 rings (SSSR count). The van der Waals surface area contributed by atoms with Gasteiger partial charge in [-0.1, -0.05) is 6.92 Å². The molecule has 0 atom stereocenters. The molecule has 4 nitrogen and oxygen atoms in total. The van der Waals surface area contributed by atoms with Gasteiger partial charge in [0, 0.05) is 25.5 Å². The maximum Gasteiger partial charge on any atom is 0.225 e. The molecule has 1 saturated carbocycles. The van der Waals surface area contributed by atoms with E-state index in [-0.39, 0.29) is 5.91 Å². The molecular weight excluding hydrogens is 190 g/mol. The SMILES string of the molecule is CCCC(=O)Nc1cc(C2CC2)nn1C. The van der Waals surface area contributed by atoms with Crippen LogP contribution >= 0.6 is 0 Å². The van der Waals surface area contributed by atoms with Crippen molar-refractivity contribution in [3.8, 4) is 0 Å². The third-order valence-corrected chi connectivity index (χ3v) is 2.64. The first-order valence-corrected chi connectivity index (χ1v) is 5.54. The molecule has 1 N–H and O–H groups in total. The number of amides is 1. The molecule has 0 unspecified atom stereocenters. The van der Waals surface area contributed by atoms with E-state index in [1.807, 2.05) is 20.0 Å². The van der Waals surface area contributed by atoms with Crippen LogP contribution in [-0.4, -0.2) is 15.7 Å². The number of anilines is 1. The molecule has 1 aromatic heterocycles. The Morgan fingerprint density at radius 2 is 2.40 bits per heavy atom. The number of hydrogen-bond acceptors (Lipinski definition) is 2. The summed E-state index contributed by atoms with van der Waals surface area (Å²) in [5, 5.41) is 7.26. The lowest BCUT2D eigenvalue weighted by Gasteiger charge is -2.02. The number of rotatable bonds is 4. The van der Waals surface area contributed by atoms with Crippen LogP contribution in [0.25, 0.3) is 0 Å². The van der Waals surface area contributed by atoms with E-state index in [0.717, 1.165) is 17.9 Å². The number of nitrogens with one attached hydrogen (secondary N) is 1. The van der Waals surface area contributed by atoms with Gasteiger partial charge in [0.15, 0.2) is 0 Å². The normalized spacial score (nSPS) is 15.3. The van der Waals surface area contributed by atoms with Crippen molar-refractivity contribution in [1.82, 2.24) is 9.78 Å². The van der Waals surface area contributed by atoms with E-state index in [1.165, 1.54) is 12.8 Å². The highest BCUT2D eigenvalue weighted by molar-refractivity contribution is 5.89. The molecule has 15 heavy (non-hydrogen) atoms. The third-order valence-electron chi connectivity index (χ3n) is 2.64. The molecule has 0 aromatic carbocycles. The number of carbonyl (C=O) groups excluding carboxylic acids is 1. The molecule has 0 aliphatic heterocycles. The summed E-state index contributed by atoms with van der Waals surface area (Å²) < 4.78 is 1.75. The molecular formula is C11H17N3O. The summed E-state index contributed by atoms with van der Waals surface area (Å²) in [6, 6.07) is 1.99.